The molecular formula is C21H23BrN4O2. The summed E-state index contributed by atoms with van der Waals surface area (Å²) >= 11 is 3.51. The van der Waals surface area contributed by atoms with Crippen LogP contribution in [-0.2, 0) is 6.54 Å². The van der Waals surface area contributed by atoms with Gasteiger partial charge >= 0.3 is 0 Å². The lowest BCUT2D eigenvalue weighted by molar-refractivity contribution is 0.171. The molecule has 0 unspecified atom stereocenters. The van der Waals surface area contributed by atoms with Gasteiger partial charge in [0.05, 0.1) is 17.4 Å². The fourth-order valence-electron chi connectivity index (χ4n) is 3.92. The zero-order valence-electron chi connectivity index (χ0n) is 15.7. The van der Waals surface area contributed by atoms with Gasteiger partial charge in [0.1, 0.15) is 13.2 Å². The number of fused-ring (bicyclic) bond motifs is 2. The Balaban J connectivity index is 1.18. The van der Waals surface area contributed by atoms with Crippen molar-refractivity contribution < 1.29 is 9.47 Å². The molecule has 0 aliphatic carbocycles. The van der Waals surface area contributed by atoms with Crippen LogP contribution in [0.2, 0.25) is 0 Å². The fourth-order valence-corrected chi connectivity index (χ4v) is 4.27. The number of hydrogen-bond donors (Lipinski definition) is 0. The van der Waals surface area contributed by atoms with Crippen LogP contribution in [0, 0.1) is 0 Å². The lowest BCUT2D eigenvalue weighted by Crippen LogP contribution is -2.47. The van der Waals surface area contributed by atoms with Crippen LogP contribution in [0.25, 0.3) is 11.0 Å². The molecule has 1 fully saturated rings. The van der Waals surface area contributed by atoms with Crippen molar-refractivity contribution in [3.63, 3.8) is 0 Å². The Morgan fingerprint density at radius 2 is 1.71 bits per heavy atom. The van der Waals surface area contributed by atoms with Gasteiger partial charge < -0.3 is 18.9 Å². The lowest BCUT2D eigenvalue weighted by Gasteiger charge is -2.36. The van der Waals surface area contributed by atoms with Crippen molar-refractivity contribution in [3.8, 4) is 11.5 Å². The number of anilines is 1. The number of hydrogen-bond acceptors (Lipinski definition) is 5. The number of halogens is 1. The quantitative estimate of drug-likeness (QED) is 0.619. The Morgan fingerprint density at radius 3 is 2.57 bits per heavy atom. The van der Waals surface area contributed by atoms with Gasteiger partial charge in [-0.25, -0.2) is 4.98 Å². The summed E-state index contributed by atoms with van der Waals surface area (Å²) in [6.07, 6.45) is 1.95. The average Bonchev–Trinajstić information content (AvgIpc) is 3.14. The average molecular weight is 443 g/mol. The standard InChI is InChI=1S/C21H23BrN4O2/c22-16-1-3-19-18(13-16)23-15-26(19)10-7-24-5-8-25(9-6-24)17-2-4-20-21(14-17)28-12-11-27-20/h1-4,13-15H,5-12H2. The predicted octanol–water partition coefficient (Wildman–Crippen LogP) is 3.39. The van der Waals surface area contributed by atoms with Crippen LogP contribution < -0.4 is 14.4 Å². The van der Waals surface area contributed by atoms with E-state index in [9.17, 15) is 0 Å². The topological polar surface area (TPSA) is 42.8 Å². The first-order valence-electron chi connectivity index (χ1n) is 9.74. The van der Waals surface area contributed by atoms with Gasteiger partial charge in [-0.3, -0.25) is 4.90 Å². The molecule has 0 atom stereocenters. The maximum Gasteiger partial charge on any atom is 0.163 e. The van der Waals surface area contributed by atoms with E-state index < -0.39 is 0 Å². The molecule has 7 heteroatoms. The molecule has 5 rings (SSSR count). The molecule has 2 aliphatic rings. The number of ether oxygens (including phenoxy) is 2. The second-order valence-corrected chi connectivity index (χ2v) is 8.14. The van der Waals surface area contributed by atoms with Gasteiger partial charge in [0.15, 0.2) is 11.5 Å². The van der Waals surface area contributed by atoms with Crippen molar-refractivity contribution in [2.24, 2.45) is 0 Å². The van der Waals surface area contributed by atoms with Gasteiger partial charge in [-0.05, 0) is 30.3 Å². The highest BCUT2D eigenvalue weighted by Gasteiger charge is 2.19. The van der Waals surface area contributed by atoms with Crippen molar-refractivity contribution in [2.75, 3.05) is 50.8 Å². The molecular weight excluding hydrogens is 420 g/mol. The SMILES string of the molecule is Brc1ccc2c(c1)ncn2CCN1CCN(c2ccc3c(c2)OCCO3)CC1. The number of rotatable bonds is 4. The highest BCUT2D eigenvalue weighted by molar-refractivity contribution is 9.10. The Labute approximate surface area is 172 Å². The summed E-state index contributed by atoms with van der Waals surface area (Å²) in [5.74, 6) is 1.72. The molecule has 0 saturated carbocycles. The smallest absolute Gasteiger partial charge is 0.163 e. The number of imidazole rings is 1. The molecule has 3 heterocycles. The first kappa shape index (κ1) is 17.8. The van der Waals surface area contributed by atoms with E-state index in [1.807, 2.05) is 12.4 Å². The minimum atomic E-state index is 0.629. The molecule has 2 aliphatic heterocycles. The minimum Gasteiger partial charge on any atom is -0.486 e. The van der Waals surface area contributed by atoms with E-state index in [2.05, 4.69) is 65.6 Å². The molecule has 0 spiro atoms. The van der Waals surface area contributed by atoms with Crippen LogP contribution >= 0.6 is 15.9 Å². The summed E-state index contributed by atoms with van der Waals surface area (Å²) in [5.41, 5.74) is 3.45. The summed E-state index contributed by atoms with van der Waals surface area (Å²) in [6, 6.07) is 12.5. The third kappa shape index (κ3) is 3.56. The second kappa shape index (κ2) is 7.64. The van der Waals surface area contributed by atoms with Gasteiger partial charge in [-0.2, -0.15) is 0 Å². The summed E-state index contributed by atoms with van der Waals surface area (Å²) in [7, 11) is 0. The van der Waals surface area contributed by atoms with Crippen LogP contribution in [-0.4, -0.2) is 60.4 Å². The van der Waals surface area contributed by atoms with Crippen molar-refractivity contribution in [1.82, 2.24) is 14.5 Å². The molecule has 1 saturated heterocycles. The first-order chi connectivity index (χ1) is 13.8. The van der Waals surface area contributed by atoms with Crippen LogP contribution in [0.1, 0.15) is 0 Å². The Kier molecular flexibility index (Phi) is 4.86. The maximum atomic E-state index is 5.72. The van der Waals surface area contributed by atoms with E-state index in [1.165, 1.54) is 11.2 Å². The van der Waals surface area contributed by atoms with E-state index in [0.29, 0.717) is 13.2 Å². The Bertz CT molecular complexity index is 982. The van der Waals surface area contributed by atoms with Gasteiger partial charge in [0, 0.05) is 55.5 Å². The van der Waals surface area contributed by atoms with Crippen LogP contribution in [0.3, 0.4) is 0 Å². The minimum absolute atomic E-state index is 0.629. The van der Waals surface area contributed by atoms with Gasteiger partial charge in [0.2, 0.25) is 0 Å². The molecule has 0 amide bonds. The molecule has 0 N–H and O–H groups in total. The zero-order valence-corrected chi connectivity index (χ0v) is 17.3. The van der Waals surface area contributed by atoms with Gasteiger partial charge in [-0.15, -0.1) is 0 Å². The molecule has 1 aromatic heterocycles. The third-order valence-corrected chi connectivity index (χ3v) is 6.00. The molecule has 146 valence electrons. The number of aromatic nitrogens is 2. The van der Waals surface area contributed by atoms with E-state index in [1.54, 1.807) is 0 Å². The maximum absolute atomic E-state index is 5.72. The van der Waals surface area contributed by atoms with Crippen molar-refractivity contribution in [3.05, 3.63) is 47.2 Å². The first-order valence-corrected chi connectivity index (χ1v) is 10.5. The number of nitrogens with zero attached hydrogens (tertiary/aromatic N) is 4. The van der Waals surface area contributed by atoms with E-state index in [4.69, 9.17) is 9.47 Å². The summed E-state index contributed by atoms with van der Waals surface area (Å²) in [6.45, 7) is 7.44. The number of benzene rings is 2. The molecule has 3 aromatic rings. The van der Waals surface area contributed by atoms with Crippen molar-refractivity contribution in [1.29, 1.82) is 0 Å². The van der Waals surface area contributed by atoms with Crippen LogP contribution in [0.5, 0.6) is 11.5 Å². The largest absolute Gasteiger partial charge is 0.486 e. The van der Waals surface area contributed by atoms with Gasteiger partial charge in [0.25, 0.3) is 0 Å². The molecule has 2 aromatic carbocycles. The second-order valence-electron chi connectivity index (χ2n) is 7.23. The Hall–Kier alpha value is -2.25. The third-order valence-electron chi connectivity index (χ3n) is 5.50. The van der Waals surface area contributed by atoms with E-state index >= 15 is 0 Å². The van der Waals surface area contributed by atoms with Crippen molar-refractivity contribution >= 4 is 32.7 Å². The summed E-state index contributed by atoms with van der Waals surface area (Å²) in [5, 5.41) is 0. The molecule has 6 nitrogen and oxygen atoms in total. The van der Waals surface area contributed by atoms with Crippen LogP contribution in [0.4, 0.5) is 5.69 Å². The van der Waals surface area contributed by atoms with Crippen molar-refractivity contribution in [2.45, 2.75) is 6.54 Å². The molecule has 0 bridgehead atoms. The number of piperazine rings is 1. The highest BCUT2D eigenvalue weighted by atomic mass is 79.9. The zero-order chi connectivity index (χ0) is 18.9. The molecule has 0 radical (unpaired) electrons. The highest BCUT2D eigenvalue weighted by Crippen LogP contribution is 2.34. The lowest BCUT2D eigenvalue weighted by atomic mass is 10.2. The normalized spacial score (nSPS) is 17.2. The summed E-state index contributed by atoms with van der Waals surface area (Å²) in [4.78, 5) is 9.47. The Morgan fingerprint density at radius 1 is 0.893 bits per heavy atom. The summed E-state index contributed by atoms with van der Waals surface area (Å²) < 4.78 is 14.7. The predicted molar refractivity (Wildman–Crippen MR) is 114 cm³/mol. The van der Waals surface area contributed by atoms with Gasteiger partial charge in [-0.1, -0.05) is 15.9 Å². The van der Waals surface area contributed by atoms with Crippen LogP contribution in [0.15, 0.2) is 47.2 Å². The van der Waals surface area contributed by atoms with E-state index in [0.717, 1.165) is 60.8 Å². The van der Waals surface area contributed by atoms with E-state index in [-0.39, 0.29) is 0 Å². The molecule has 28 heavy (non-hydrogen) atoms. The monoisotopic (exact) mass is 442 g/mol. The fraction of sp³-hybridized carbons (Fsp3) is 0.381.